The lowest BCUT2D eigenvalue weighted by Gasteiger charge is -2.31. The first-order chi connectivity index (χ1) is 16.1. The van der Waals surface area contributed by atoms with E-state index >= 15 is 4.39 Å². The van der Waals surface area contributed by atoms with Crippen LogP contribution >= 0.6 is 0 Å². The fraction of sp³-hybridized carbons (Fsp3) is 0.542. The van der Waals surface area contributed by atoms with Crippen LogP contribution in [0.2, 0.25) is 0 Å². The number of amides is 1. The van der Waals surface area contributed by atoms with E-state index in [9.17, 15) is 18.0 Å². The van der Waals surface area contributed by atoms with Gasteiger partial charge >= 0.3 is 6.18 Å². The lowest BCUT2D eigenvalue weighted by Crippen LogP contribution is -2.43. The number of aromatic nitrogens is 2. The average molecular weight is 480 g/mol. The van der Waals surface area contributed by atoms with Crippen LogP contribution in [0.3, 0.4) is 0 Å². The second kappa shape index (κ2) is 9.38. The zero-order valence-corrected chi connectivity index (χ0v) is 19.3. The van der Waals surface area contributed by atoms with E-state index in [2.05, 4.69) is 15.3 Å². The second-order valence-electron chi connectivity index (χ2n) is 9.45. The second-order valence-corrected chi connectivity index (χ2v) is 9.45. The number of benzene rings is 1. The molecule has 2 saturated carbocycles. The highest BCUT2D eigenvalue weighted by Gasteiger charge is 2.42. The van der Waals surface area contributed by atoms with E-state index in [4.69, 9.17) is 0 Å². The van der Waals surface area contributed by atoms with Gasteiger partial charge in [-0.2, -0.15) is 17.6 Å². The quantitative estimate of drug-likeness (QED) is 0.548. The Kier molecular flexibility index (Phi) is 6.69. The standard InChI is InChI=1S/C24H29F4N5O/c1-32(2)22(34)23(11-3-4-12-23)14-29-20-19(25)21(31-15-30-20)33(18-9-10-18)13-16-5-7-17(8-6-16)24(26,27)28/h5-8,15,18H,3-4,9-14H2,1-2H3,(H,29,30,31). The molecule has 0 atom stereocenters. The molecule has 184 valence electrons. The van der Waals surface area contributed by atoms with Gasteiger partial charge < -0.3 is 15.1 Å². The minimum absolute atomic E-state index is 0.0223. The molecule has 2 aliphatic rings. The molecule has 0 radical (unpaired) electrons. The Labute approximate surface area is 196 Å². The van der Waals surface area contributed by atoms with E-state index in [0.717, 1.165) is 50.7 Å². The Hall–Kier alpha value is -2.91. The van der Waals surface area contributed by atoms with Crippen molar-refractivity contribution >= 4 is 17.5 Å². The molecule has 0 saturated heterocycles. The normalized spacial score (nSPS) is 17.5. The molecule has 4 rings (SSSR count). The maximum atomic E-state index is 15.5. The van der Waals surface area contributed by atoms with Crippen molar-refractivity contribution in [1.29, 1.82) is 0 Å². The van der Waals surface area contributed by atoms with Gasteiger partial charge in [-0.25, -0.2) is 9.97 Å². The molecule has 0 spiro atoms. The molecule has 1 heterocycles. The minimum Gasteiger partial charge on any atom is -0.366 e. The summed E-state index contributed by atoms with van der Waals surface area (Å²) in [5.41, 5.74) is -0.673. The number of nitrogens with one attached hydrogen (secondary N) is 1. The zero-order valence-electron chi connectivity index (χ0n) is 19.3. The third kappa shape index (κ3) is 5.10. The summed E-state index contributed by atoms with van der Waals surface area (Å²) in [6.45, 7) is 0.513. The minimum atomic E-state index is -4.40. The van der Waals surface area contributed by atoms with Crippen LogP contribution in [0.25, 0.3) is 0 Å². The van der Waals surface area contributed by atoms with Gasteiger partial charge in [-0.1, -0.05) is 25.0 Å². The largest absolute Gasteiger partial charge is 0.416 e. The summed E-state index contributed by atoms with van der Waals surface area (Å²) in [6, 6.07) is 4.95. The van der Waals surface area contributed by atoms with E-state index in [1.54, 1.807) is 23.9 Å². The van der Waals surface area contributed by atoms with Gasteiger partial charge in [0.2, 0.25) is 11.7 Å². The van der Waals surface area contributed by atoms with Crippen LogP contribution in [-0.4, -0.2) is 47.5 Å². The van der Waals surface area contributed by atoms with Crippen LogP contribution in [0.15, 0.2) is 30.6 Å². The fourth-order valence-corrected chi connectivity index (χ4v) is 4.69. The molecule has 0 unspecified atom stereocenters. The lowest BCUT2D eigenvalue weighted by atomic mass is 9.84. The summed E-state index contributed by atoms with van der Waals surface area (Å²) in [5, 5.41) is 3.05. The number of alkyl halides is 3. The summed E-state index contributed by atoms with van der Waals surface area (Å²) in [6.07, 6.45) is 1.94. The van der Waals surface area contributed by atoms with Crippen molar-refractivity contribution in [2.45, 2.75) is 57.3 Å². The summed E-state index contributed by atoms with van der Waals surface area (Å²) in [5.74, 6) is -0.457. The first-order valence-corrected chi connectivity index (χ1v) is 11.5. The molecule has 34 heavy (non-hydrogen) atoms. The summed E-state index contributed by atoms with van der Waals surface area (Å²) in [7, 11) is 3.45. The van der Waals surface area contributed by atoms with Gasteiger partial charge in [0.15, 0.2) is 11.6 Å². The smallest absolute Gasteiger partial charge is 0.366 e. The van der Waals surface area contributed by atoms with Crippen LogP contribution in [0, 0.1) is 11.2 Å². The van der Waals surface area contributed by atoms with E-state index in [1.807, 2.05) is 0 Å². The number of carbonyl (C=O) groups excluding carboxylic acids is 1. The monoisotopic (exact) mass is 479 g/mol. The molecule has 1 amide bonds. The predicted molar refractivity (Wildman–Crippen MR) is 121 cm³/mol. The van der Waals surface area contributed by atoms with Crippen LogP contribution in [-0.2, 0) is 17.5 Å². The Morgan fingerprint density at radius 2 is 1.76 bits per heavy atom. The van der Waals surface area contributed by atoms with Gasteiger partial charge in [0.05, 0.1) is 11.0 Å². The Balaban J connectivity index is 1.53. The van der Waals surface area contributed by atoms with Gasteiger partial charge in [0.1, 0.15) is 6.33 Å². The number of hydrogen-bond acceptors (Lipinski definition) is 5. The molecule has 1 N–H and O–H groups in total. The maximum Gasteiger partial charge on any atom is 0.416 e. The fourth-order valence-electron chi connectivity index (χ4n) is 4.69. The topological polar surface area (TPSA) is 61.4 Å². The number of anilines is 2. The van der Waals surface area contributed by atoms with Gasteiger partial charge in [-0.3, -0.25) is 4.79 Å². The highest BCUT2D eigenvalue weighted by Crippen LogP contribution is 2.40. The van der Waals surface area contributed by atoms with Crippen LogP contribution in [0.4, 0.5) is 29.2 Å². The lowest BCUT2D eigenvalue weighted by molar-refractivity contribution is -0.138. The van der Waals surface area contributed by atoms with Gasteiger partial charge in [-0.05, 0) is 43.4 Å². The van der Waals surface area contributed by atoms with Crippen molar-refractivity contribution in [2.24, 2.45) is 5.41 Å². The molecule has 10 heteroatoms. The molecular formula is C24H29F4N5O. The van der Waals surface area contributed by atoms with Crippen molar-refractivity contribution < 1.29 is 22.4 Å². The van der Waals surface area contributed by atoms with Crippen molar-refractivity contribution in [1.82, 2.24) is 14.9 Å². The van der Waals surface area contributed by atoms with Crippen molar-refractivity contribution in [3.05, 3.63) is 47.5 Å². The highest BCUT2D eigenvalue weighted by atomic mass is 19.4. The summed E-state index contributed by atoms with van der Waals surface area (Å²) in [4.78, 5) is 24.4. The maximum absolute atomic E-state index is 15.5. The molecule has 6 nitrogen and oxygen atoms in total. The Bertz CT molecular complexity index is 1020. The Morgan fingerprint density at radius 1 is 1.12 bits per heavy atom. The van der Waals surface area contributed by atoms with Crippen LogP contribution in [0.1, 0.15) is 49.7 Å². The molecule has 2 fully saturated rings. The Morgan fingerprint density at radius 3 is 2.32 bits per heavy atom. The van der Waals surface area contributed by atoms with E-state index < -0.39 is 23.0 Å². The average Bonchev–Trinajstić information content (AvgIpc) is 3.53. The van der Waals surface area contributed by atoms with Gasteiger partial charge in [0.25, 0.3) is 0 Å². The number of rotatable bonds is 8. The van der Waals surface area contributed by atoms with Crippen LogP contribution in [0.5, 0.6) is 0 Å². The molecular weight excluding hydrogens is 450 g/mol. The first kappa shape index (κ1) is 24.2. The highest BCUT2D eigenvalue weighted by molar-refractivity contribution is 5.83. The SMILES string of the molecule is CN(C)C(=O)C1(CNc2ncnc(N(Cc3ccc(C(F)(F)F)cc3)C3CC3)c2F)CCCC1. The van der Waals surface area contributed by atoms with E-state index in [-0.39, 0.29) is 36.7 Å². The first-order valence-electron chi connectivity index (χ1n) is 11.5. The van der Waals surface area contributed by atoms with Crippen molar-refractivity contribution in [2.75, 3.05) is 30.9 Å². The van der Waals surface area contributed by atoms with E-state index in [1.165, 1.54) is 18.5 Å². The van der Waals surface area contributed by atoms with Crippen molar-refractivity contribution in [3.8, 4) is 0 Å². The summed E-state index contributed by atoms with van der Waals surface area (Å²) < 4.78 is 54.2. The molecule has 1 aromatic carbocycles. The van der Waals surface area contributed by atoms with E-state index in [0.29, 0.717) is 5.56 Å². The number of nitrogens with zero attached hydrogens (tertiary/aromatic N) is 4. The zero-order chi connectivity index (χ0) is 24.5. The van der Waals surface area contributed by atoms with Crippen LogP contribution < -0.4 is 10.2 Å². The number of halogens is 4. The predicted octanol–water partition coefficient (Wildman–Crippen LogP) is 4.86. The van der Waals surface area contributed by atoms with Gasteiger partial charge in [-0.15, -0.1) is 0 Å². The molecule has 0 bridgehead atoms. The van der Waals surface area contributed by atoms with Gasteiger partial charge in [0, 0.05) is 33.2 Å². The molecule has 2 aliphatic carbocycles. The third-order valence-electron chi connectivity index (χ3n) is 6.68. The van der Waals surface area contributed by atoms with Crippen molar-refractivity contribution in [3.63, 3.8) is 0 Å². The summed E-state index contributed by atoms with van der Waals surface area (Å²) >= 11 is 0. The third-order valence-corrected chi connectivity index (χ3v) is 6.68. The molecule has 2 aromatic rings. The molecule has 1 aromatic heterocycles. The molecule has 0 aliphatic heterocycles. The number of carbonyl (C=O) groups is 1. The number of hydrogen-bond donors (Lipinski definition) is 1.